The second kappa shape index (κ2) is 11.6. The molecule has 2 rings (SSSR count). The fraction of sp³-hybridized carbons (Fsp3) is 0.350. The molecule has 0 amide bonds. The molecule has 0 fully saturated rings. The summed E-state index contributed by atoms with van der Waals surface area (Å²) in [4.78, 5) is 4.57. The molecular formula is C20H27ClIN3O2S. The van der Waals surface area contributed by atoms with Crippen molar-refractivity contribution in [2.75, 3.05) is 12.8 Å². The summed E-state index contributed by atoms with van der Waals surface area (Å²) in [5.74, 6) is 0.566. The Morgan fingerprint density at radius 3 is 2.21 bits per heavy atom. The first-order valence-corrected chi connectivity index (χ1v) is 10.9. The van der Waals surface area contributed by atoms with Gasteiger partial charge in [-0.25, -0.2) is 8.42 Å². The molecule has 0 aromatic heterocycles. The number of sulfone groups is 1. The molecule has 0 aliphatic heterocycles. The van der Waals surface area contributed by atoms with Crippen LogP contribution in [0.25, 0.3) is 0 Å². The van der Waals surface area contributed by atoms with Crippen LogP contribution in [0, 0.1) is 0 Å². The lowest BCUT2D eigenvalue weighted by molar-refractivity contribution is 0.565. The number of guanidine groups is 1. The lowest BCUT2D eigenvalue weighted by Crippen LogP contribution is -2.46. The van der Waals surface area contributed by atoms with Crippen molar-refractivity contribution in [2.45, 2.75) is 37.2 Å². The molecule has 2 N–H and O–H groups in total. The van der Waals surface area contributed by atoms with Crippen LogP contribution < -0.4 is 10.6 Å². The van der Waals surface area contributed by atoms with E-state index in [0.29, 0.717) is 22.3 Å². The Balaban J connectivity index is 0.00000392. The van der Waals surface area contributed by atoms with E-state index < -0.39 is 9.84 Å². The molecule has 0 heterocycles. The highest BCUT2D eigenvalue weighted by Crippen LogP contribution is 2.16. The summed E-state index contributed by atoms with van der Waals surface area (Å²) >= 11 is 5.94. The molecule has 28 heavy (non-hydrogen) atoms. The zero-order valence-electron chi connectivity index (χ0n) is 16.2. The highest BCUT2D eigenvalue weighted by molar-refractivity contribution is 14.0. The monoisotopic (exact) mass is 535 g/mol. The van der Waals surface area contributed by atoms with Crippen LogP contribution in [0.2, 0.25) is 5.02 Å². The van der Waals surface area contributed by atoms with E-state index in [4.69, 9.17) is 11.6 Å². The molecule has 0 radical (unpaired) electrons. The van der Waals surface area contributed by atoms with Crippen LogP contribution in [-0.4, -0.2) is 33.2 Å². The van der Waals surface area contributed by atoms with Gasteiger partial charge in [0.15, 0.2) is 15.8 Å². The van der Waals surface area contributed by atoms with E-state index in [-0.39, 0.29) is 41.8 Å². The van der Waals surface area contributed by atoms with Crippen LogP contribution in [0.15, 0.2) is 64.5 Å². The summed E-state index contributed by atoms with van der Waals surface area (Å²) in [5, 5.41) is 7.20. The van der Waals surface area contributed by atoms with Gasteiger partial charge in [0.05, 0.1) is 16.7 Å². The van der Waals surface area contributed by atoms with Crippen molar-refractivity contribution in [3.05, 3.63) is 65.2 Å². The smallest absolute Gasteiger partial charge is 0.191 e. The first kappa shape index (κ1) is 24.7. The third-order valence-corrected chi connectivity index (χ3v) is 6.39. The zero-order chi connectivity index (χ0) is 19.9. The van der Waals surface area contributed by atoms with E-state index in [1.165, 1.54) is 0 Å². The second-order valence-electron chi connectivity index (χ2n) is 6.33. The maximum absolute atomic E-state index is 12.6. The number of benzene rings is 2. The molecule has 0 spiro atoms. The molecule has 8 heteroatoms. The third-order valence-electron chi connectivity index (χ3n) is 4.30. The van der Waals surface area contributed by atoms with Crippen molar-refractivity contribution in [3.63, 3.8) is 0 Å². The van der Waals surface area contributed by atoms with E-state index in [1.54, 1.807) is 37.4 Å². The van der Waals surface area contributed by atoms with Gasteiger partial charge in [-0.15, -0.1) is 24.0 Å². The molecule has 2 aromatic rings. The lowest BCUT2D eigenvalue weighted by atomic mass is 10.1. The number of nitrogens with zero attached hydrogens (tertiary/aromatic N) is 1. The fourth-order valence-electron chi connectivity index (χ4n) is 2.65. The molecule has 0 saturated heterocycles. The quantitative estimate of drug-likeness (QED) is 0.313. The highest BCUT2D eigenvalue weighted by Gasteiger charge is 2.21. The van der Waals surface area contributed by atoms with Crippen LogP contribution in [-0.2, 0) is 9.84 Å². The van der Waals surface area contributed by atoms with Gasteiger partial charge in [0.2, 0.25) is 0 Å². The first-order chi connectivity index (χ1) is 12.9. The van der Waals surface area contributed by atoms with Crippen molar-refractivity contribution >= 4 is 51.4 Å². The minimum absolute atomic E-state index is 0. The van der Waals surface area contributed by atoms with Gasteiger partial charge >= 0.3 is 0 Å². The van der Waals surface area contributed by atoms with E-state index in [2.05, 4.69) is 15.6 Å². The van der Waals surface area contributed by atoms with Crippen LogP contribution in [0.3, 0.4) is 0 Å². The van der Waals surface area contributed by atoms with Crippen molar-refractivity contribution in [3.8, 4) is 0 Å². The molecule has 154 valence electrons. The van der Waals surface area contributed by atoms with Crippen LogP contribution >= 0.6 is 35.6 Å². The predicted octanol–water partition coefficient (Wildman–Crippen LogP) is 4.44. The van der Waals surface area contributed by atoms with Gasteiger partial charge in [-0.3, -0.25) is 4.99 Å². The third kappa shape index (κ3) is 7.25. The Morgan fingerprint density at radius 1 is 1.07 bits per heavy atom. The van der Waals surface area contributed by atoms with Gasteiger partial charge in [-0.05, 0) is 43.2 Å². The average Bonchev–Trinajstić information content (AvgIpc) is 2.67. The molecule has 5 nitrogen and oxygen atoms in total. The lowest BCUT2D eigenvalue weighted by Gasteiger charge is -2.23. The normalized spacial score (nSPS) is 13.9. The van der Waals surface area contributed by atoms with Crippen LogP contribution in [0.1, 0.15) is 31.9 Å². The van der Waals surface area contributed by atoms with Gasteiger partial charge in [-0.2, -0.15) is 0 Å². The second-order valence-corrected chi connectivity index (χ2v) is 8.80. The maximum Gasteiger partial charge on any atom is 0.191 e. The van der Waals surface area contributed by atoms with Gasteiger partial charge in [0.1, 0.15) is 0 Å². The number of hydrogen-bond acceptors (Lipinski definition) is 3. The predicted molar refractivity (Wildman–Crippen MR) is 127 cm³/mol. The molecule has 2 aromatic carbocycles. The minimum Gasteiger partial charge on any atom is -0.353 e. The summed E-state index contributed by atoms with van der Waals surface area (Å²) in [7, 11) is -1.70. The van der Waals surface area contributed by atoms with Crippen molar-refractivity contribution in [2.24, 2.45) is 4.99 Å². The van der Waals surface area contributed by atoms with E-state index in [0.717, 1.165) is 5.56 Å². The minimum atomic E-state index is -3.37. The standard InChI is InChI=1S/C20H26ClN3O2S.HI/c1-4-18(14-27(25,26)19-8-6-5-7-9-19)24-20(22-3)23-15(2)16-10-12-17(21)13-11-16;/h5-13,15,18H,4,14H2,1-3H3,(H2,22,23,24);1H. The average molecular weight is 536 g/mol. The Morgan fingerprint density at radius 2 is 1.68 bits per heavy atom. The molecule has 0 aliphatic carbocycles. The van der Waals surface area contributed by atoms with Gasteiger partial charge < -0.3 is 10.6 Å². The molecule has 0 saturated carbocycles. The Bertz CT molecular complexity index is 859. The molecule has 0 aliphatic rings. The van der Waals surface area contributed by atoms with Crippen LogP contribution in [0.5, 0.6) is 0 Å². The molecule has 0 bridgehead atoms. The Hall–Kier alpha value is -1.32. The van der Waals surface area contributed by atoms with E-state index in [9.17, 15) is 8.42 Å². The number of halogens is 2. The summed E-state index contributed by atoms with van der Waals surface area (Å²) in [6.45, 7) is 3.96. The van der Waals surface area contributed by atoms with Crippen molar-refractivity contribution < 1.29 is 8.42 Å². The molecule has 2 atom stereocenters. The number of aliphatic imine (C=N–C) groups is 1. The SMILES string of the molecule is CCC(CS(=O)(=O)c1ccccc1)NC(=NC)NC(C)c1ccc(Cl)cc1.I. The Kier molecular flexibility index (Phi) is 10.3. The first-order valence-electron chi connectivity index (χ1n) is 8.88. The summed E-state index contributed by atoms with van der Waals surface area (Å²) in [6.07, 6.45) is 0.655. The maximum atomic E-state index is 12.6. The van der Waals surface area contributed by atoms with Gasteiger partial charge in [-0.1, -0.05) is 48.9 Å². The Labute approximate surface area is 189 Å². The summed E-state index contributed by atoms with van der Waals surface area (Å²) in [6, 6.07) is 15.8. The molecular weight excluding hydrogens is 509 g/mol. The summed E-state index contributed by atoms with van der Waals surface area (Å²) < 4.78 is 25.3. The number of hydrogen-bond donors (Lipinski definition) is 2. The van der Waals surface area contributed by atoms with E-state index >= 15 is 0 Å². The van der Waals surface area contributed by atoms with E-state index in [1.807, 2.05) is 38.1 Å². The largest absolute Gasteiger partial charge is 0.353 e. The summed E-state index contributed by atoms with van der Waals surface area (Å²) in [5.41, 5.74) is 1.06. The topological polar surface area (TPSA) is 70.6 Å². The zero-order valence-corrected chi connectivity index (χ0v) is 20.1. The number of rotatable bonds is 7. The van der Waals surface area contributed by atoms with Gasteiger partial charge in [0, 0.05) is 18.1 Å². The molecule has 2 unspecified atom stereocenters. The van der Waals surface area contributed by atoms with Crippen molar-refractivity contribution in [1.82, 2.24) is 10.6 Å². The fourth-order valence-corrected chi connectivity index (χ4v) is 4.39. The van der Waals surface area contributed by atoms with Crippen LogP contribution in [0.4, 0.5) is 0 Å². The van der Waals surface area contributed by atoms with Crippen molar-refractivity contribution in [1.29, 1.82) is 0 Å². The van der Waals surface area contributed by atoms with Gasteiger partial charge in [0.25, 0.3) is 0 Å². The number of nitrogens with one attached hydrogen (secondary N) is 2. The highest BCUT2D eigenvalue weighted by atomic mass is 127.